The van der Waals surface area contributed by atoms with E-state index in [1.54, 1.807) is 0 Å². The third-order valence-corrected chi connectivity index (χ3v) is 5.74. The monoisotopic (exact) mass is 283 g/mol. The minimum absolute atomic E-state index is 0.0720. The first-order chi connectivity index (χ1) is 9.39. The Bertz CT molecular complexity index is 298. The van der Waals surface area contributed by atoms with Gasteiger partial charge in [-0.3, -0.25) is 0 Å². The highest BCUT2D eigenvalue weighted by Crippen LogP contribution is 2.40. The first-order valence-electron chi connectivity index (χ1n) is 8.43. The smallest absolute Gasteiger partial charge is 0.0772 e. The van der Waals surface area contributed by atoms with Crippen LogP contribution in [0.15, 0.2) is 0 Å². The average molecular weight is 283 g/mol. The van der Waals surface area contributed by atoms with E-state index >= 15 is 0 Å². The van der Waals surface area contributed by atoms with E-state index in [4.69, 9.17) is 0 Å². The predicted molar refractivity (Wildman–Crippen MR) is 82.7 cm³/mol. The molecule has 2 aliphatic rings. The van der Waals surface area contributed by atoms with Crippen molar-refractivity contribution in [1.82, 2.24) is 5.32 Å². The lowest BCUT2D eigenvalue weighted by Crippen LogP contribution is -2.48. The molecule has 0 radical (unpaired) electrons. The lowest BCUT2D eigenvalue weighted by molar-refractivity contribution is -0.0280. The van der Waals surface area contributed by atoms with Crippen LogP contribution in [0.5, 0.6) is 0 Å². The lowest BCUT2D eigenvalue weighted by atomic mass is 9.70. The molecule has 118 valence electrons. The molecule has 0 aliphatic heterocycles. The maximum atomic E-state index is 10.7. The lowest BCUT2D eigenvalue weighted by Gasteiger charge is -2.42. The van der Waals surface area contributed by atoms with E-state index < -0.39 is 5.60 Å². The van der Waals surface area contributed by atoms with Crippen molar-refractivity contribution in [2.45, 2.75) is 77.2 Å². The molecule has 2 saturated carbocycles. The summed E-state index contributed by atoms with van der Waals surface area (Å²) >= 11 is 0. The van der Waals surface area contributed by atoms with E-state index in [-0.39, 0.29) is 12.0 Å². The number of nitrogens with one attached hydrogen (secondary N) is 1. The average Bonchev–Trinajstić information content (AvgIpc) is 2.44. The Kier molecular flexibility index (Phi) is 5.14. The molecule has 2 rings (SSSR count). The quantitative estimate of drug-likeness (QED) is 0.727. The maximum absolute atomic E-state index is 10.7. The Hall–Kier alpha value is -0.120. The van der Waals surface area contributed by atoms with Crippen molar-refractivity contribution in [3.8, 4) is 0 Å². The van der Waals surface area contributed by atoms with Gasteiger partial charge in [0, 0.05) is 25.1 Å². The molecule has 0 aromatic rings. The number of hydrogen-bond acceptors (Lipinski definition) is 3. The van der Waals surface area contributed by atoms with E-state index in [0.717, 1.165) is 45.1 Å². The second-order valence-electron chi connectivity index (χ2n) is 8.21. The second kappa shape index (κ2) is 6.33. The molecule has 0 amide bonds. The van der Waals surface area contributed by atoms with Crippen LogP contribution in [0.4, 0.5) is 0 Å². The van der Waals surface area contributed by atoms with Crippen LogP contribution >= 0.6 is 0 Å². The van der Waals surface area contributed by atoms with Crippen LogP contribution in [0.2, 0.25) is 0 Å². The summed E-state index contributed by atoms with van der Waals surface area (Å²) in [5.74, 6) is 0. The second-order valence-corrected chi connectivity index (χ2v) is 8.21. The molecule has 2 fully saturated rings. The normalized spacial score (nSPS) is 28.2. The zero-order chi connectivity index (χ0) is 14.7. The fourth-order valence-corrected chi connectivity index (χ4v) is 3.82. The highest BCUT2D eigenvalue weighted by molar-refractivity contribution is 4.92. The summed E-state index contributed by atoms with van der Waals surface area (Å²) < 4.78 is 0. The number of hydrogen-bond donors (Lipinski definition) is 3. The minimum atomic E-state index is -0.527. The summed E-state index contributed by atoms with van der Waals surface area (Å²) in [6.07, 6.45) is 10.1. The Labute approximate surface area is 124 Å². The van der Waals surface area contributed by atoms with Crippen molar-refractivity contribution >= 4 is 0 Å². The van der Waals surface area contributed by atoms with Crippen molar-refractivity contribution < 1.29 is 10.2 Å². The fraction of sp³-hybridized carbons (Fsp3) is 1.00. The topological polar surface area (TPSA) is 52.5 Å². The Morgan fingerprint density at radius 1 is 0.850 bits per heavy atom. The molecular weight excluding hydrogens is 250 g/mol. The van der Waals surface area contributed by atoms with E-state index in [2.05, 4.69) is 19.2 Å². The molecule has 2 aliphatic carbocycles. The predicted octanol–water partition coefficient (Wildman–Crippen LogP) is 2.85. The van der Waals surface area contributed by atoms with Crippen LogP contribution in [0.3, 0.4) is 0 Å². The van der Waals surface area contributed by atoms with Crippen molar-refractivity contribution in [1.29, 1.82) is 0 Å². The SMILES string of the molecule is CC1(C)CCC(O)(CNCC2(CO)CCCCC2)CC1. The van der Waals surface area contributed by atoms with E-state index in [1.165, 1.54) is 19.3 Å². The van der Waals surface area contributed by atoms with E-state index in [1.807, 2.05) is 0 Å². The van der Waals surface area contributed by atoms with Crippen LogP contribution in [-0.4, -0.2) is 35.5 Å². The number of aliphatic hydroxyl groups excluding tert-OH is 1. The Morgan fingerprint density at radius 3 is 2.00 bits per heavy atom. The van der Waals surface area contributed by atoms with Crippen molar-refractivity contribution in [3.63, 3.8) is 0 Å². The van der Waals surface area contributed by atoms with Crippen LogP contribution in [0, 0.1) is 10.8 Å². The van der Waals surface area contributed by atoms with Gasteiger partial charge in [-0.1, -0.05) is 33.1 Å². The van der Waals surface area contributed by atoms with Gasteiger partial charge in [-0.15, -0.1) is 0 Å². The summed E-state index contributed by atoms with van der Waals surface area (Å²) in [7, 11) is 0. The van der Waals surface area contributed by atoms with Crippen LogP contribution < -0.4 is 5.32 Å². The van der Waals surface area contributed by atoms with Gasteiger partial charge in [0.25, 0.3) is 0 Å². The standard InChI is InChI=1S/C17H33NO2/c1-15(2)8-10-17(20,11-9-15)13-18-12-16(14-19)6-4-3-5-7-16/h18-20H,3-14H2,1-2H3. The maximum Gasteiger partial charge on any atom is 0.0772 e. The van der Waals surface area contributed by atoms with Gasteiger partial charge in [-0.25, -0.2) is 0 Å². The summed E-state index contributed by atoms with van der Waals surface area (Å²) in [6, 6.07) is 0. The highest BCUT2D eigenvalue weighted by Gasteiger charge is 2.37. The van der Waals surface area contributed by atoms with Gasteiger partial charge < -0.3 is 15.5 Å². The fourth-order valence-electron chi connectivity index (χ4n) is 3.82. The van der Waals surface area contributed by atoms with Gasteiger partial charge >= 0.3 is 0 Å². The third kappa shape index (κ3) is 4.19. The molecule has 0 aromatic heterocycles. The first kappa shape index (κ1) is 16.3. The molecule has 0 spiro atoms. The molecule has 3 heteroatoms. The van der Waals surface area contributed by atoms with Crippen molar-refractivity contribution in [2.24, 2.45) is 10.8 Å². The zero-order valence-electron chi connectivity index (χ0n) is 13.4. The van der Waals surface area contributed by atoms with E-state index in [9.17, 15) is 10.2 Å². The van der Waals surface area contributed by atoms with Crippen molar-refractivity contribution in [3.05, 3.63) is 0 Å². The van der Waals surface area contributed by atoms with Gasteiger partial charge in [-0.05, 0) is 43.9 Å². The minimum Gasteiger partial charge on any atom is -0.396 e. The Balaban J connectivity index is 1.77. The van der Waals surface area contributed by atoms with E-state index in [0.29, 0.717) is 12.0 Å². The molecule has 0 saturated heterocycles. The zero-order valence-corrected chi connectivity index (χ0v) is 13.4. The molecule has 0 heterocycles. The summed E-state index contributed by atoms with van der Waals surface area (Å²) in [6.45, 7) is 6.41. The van der Waals surface area contributed by atoms with Crippen molar-refractivity contribution in [2.75, 3.05) is 19.7 Å². The van der Waals surface area contributed by atoms with Gasteiger partial charge in [0.2, 0.25) is 0 Å². The molecule has 0 bridgehead atoms. The highest BCUT2D eigenvalue weighted by atomic mass is 16.3. The third-order valence-electron chi connectivity index (χ3n) is 5.74. The first-order valence-corrected chi connectivity index (χ1v) is 8.43. The van der Waals surface area contributed by atoms with Crippen LogP contribution in [-0.2, 0) is 0 Å². The number of rotatable bonds is 5. The molecule has 3 nitrogen and oxygen atoms in total. The Morgan fingerprint density at radius 2 is 1.45 bits per heavy atom. The molecular formula is C17H33NO2. The molecule has 3 N–H and O–H groups in total. The molecule has 20 heavy (non-hydrogen) atoms. The van der Waals surface area contributed by atoms with Gasteiger partial charge in [0.05, 0.1) is 5.60 Å². The van der Waals surface area contributed by atoms with Crippen LogP contribution in [0.25, 0.3) is 0 Å². The number of aliphatic hydroxyl groups is 2. The molecule has 0 atom stereocenters. The summed E-state index contributed by atoms with van der Waals surface area (Å²) in [4.78, 5) is 0. The van der Waals surface area contributed by atoms with Crippen LogP contribution in [0.1, 0.15) is 71.6 Å². The molecule has 0 unspecified atom stereocenters. The van der Waals surface area contributed by atoms with Gasteiger partial charge in [0.15, 0.2) is 0 Å². The summed E-state index contributed by atoms with van der Waals surface area (Å²) in [5, 5.41) is 23.8. The largest absolute Gasteiger partial charge is 0.396 e. The molecule has 0 aromatic carbocycles. The van der Waals surface area contributed by atoms with Gasteiger partial charge in [-0.2, -0.15) is 0 Å². The summed E-state index contributed by atoms with van der Waals surface area (Å²) in [5.41, 5.74) is -0.0642. The van der Waals surface area contributed by atoms with Gasteiger partial charge in [0.1, 0.15) is 0 Å².